The number of pyridine rings is 1. The molecule has 2 N–H and O–H groups in total. The molecule has 1 aromatic heterocycles. The fraction of sp³-hybridized carbons (Fsp3) is 0.375. The summed E-state index contributed by atoms with van der Waals surface area (Å²) in [5, 5.41) is 11.5. The Morgan fingerprint density at radius 3 is 3.09 bits per heavy atom. The highest BCUT2D eigenvalue weighted by Crippen LogP contribution is 1.93. The van der Waals surface area contributed by atoms with Crippen molar-refractivity contribution in [3.05, 3.63) is 30.1 Å². The van der Waals surface area contributed by atoms with E-state index in [2.05, 4.69) is 10.3 Å². The summed E-state index contributed by atoms with van der Waals surface area (Å²) in [6.45, 7) is 1.59. The van der Waals surface area contributed by atoms with Gasteiger partial charge in [0, 0.05) is 25.5 Å². The normalized spacial score (nSPS) is 9.91. The lowest BCUT2D eigenvalue weighted by Crippen LogP contribution is -2.17. The molecule has 60 valence electrons. The SMILES string of the molecule is OCCNCc1cccnc1. The van der Waals surface area contributed by atoms with E-state index in [1.807, 2.05) is 18.3 Å². The van der Waals surface area contributed by atoms with Crippen LogP contribution in [0.5, 0.6) is 0 Å². The van der Waals surface area contributed by atoms with Gasteiger partial charge >= 0.3 is 0 Å². The van der Waals surface area contributed by atoms with Crippen molar-refractivity contribution in [1.82, 2.24) is 10.3 Å². The molecule has 0 aliphatic heterocycles. The van der Waals surface area contributed by atoms with E-state index in [9.17, 15) is 0 Å². The van der Waals surface area contributed by atoms with Crippen LogP contribution in [0.2, 0.25) is 0 Å². The van der Waals surface area contributed by atoms with E-state index in [1.165, 1.54) is 0 Å². The maximum absolute atomic E-state index is 8.47. The van der Waals surface area contributed by atoms with E-state index in [1.54, 1.807) is 6.20 Å². The Labute approximate surface area is 66.1 Å². The molecule has 1 heterocycles. The van der Waals surface area contributed by atoms with Crippen molar-refractivity contribution in [3.63, 3.8) is 0 Å². The third kappa shape index (κ3) is 3.11. The minimum atomic E-state index is 0.181. The number of hydrogen-bond acceptors (Lipinski definition) is 3. The summed E-state index contributed by atoms with van der Waals surface area (Å²) < 4.78 is 0. The molecule has 0 atom stereocenters. The molecule has 3 heteroatoms. The fourth-order valence-electron chi connectivity index (χ4n) is 0.814. The molecule has 11 heavy (non-hydrogen) atoms. The molecule has 0 aromatic carbocycles. The Balaban J connectivity index is 2.28. The van der Waals surface area contributed by atoms with Gasteiger partial charge in [0.1, 0.15) is 0 Å². The topological polar surface area (TPSA) is 45.1 Å². The molecular formula is C8H12N2O. The number of aromatic nitrogens is 1. The monoisotopic (exact) mass is 152 g/mol. The smallest absolute Gasteiger partial charge is 0.0556 e. The second-order valence-electron chi connectivity index (χ2n) is 2.26. The Hall–Kier alpha value is -0.930. The van der Waals surface area contributed by atoms with Crippen LogP contribution in [0.25, 0.3) is 0 Å². The highest BCUT2D eigenvalue weighted by Gasteiger charge is 1.88. The van der Waals surface area contributed by atoms with Crippen molar-refractivity contribution < 1.29 is 5.11 Å². The minimum Gasteiger partial charge on any atom is -0.395 e. The van der Waals surface area contributed by atoms with Crippen molar-refractivity contribution >= 4 is 0 Å². The number of hydrogen-bond donors (Lipinski definition) is 2. The maximum Gasteiger partial charge on any atom is 0.0556 e. The highest BCUT2D eigenvalue weighted by molar-refractivity contribution is 5.07. The molecule has 0 bridgehead atoms. The molecule has 0 spiro atoms. The van der Waals surface area contributed by atoms with Gasteiger partial charge in [-0.05, 0) is 11.6 Å². The van der Waals surface area contributed by atoms with Crippen molar-refractivity contribution in [2.75, 3.05) is 13.2 Å². The summed E-state index contributed by atoms with van der Waals surface area (Å²) in [4.78, 5) is 3.96. The molecule has 0 amide bonds. The number of nitrogens with zero attached hydrogens (tertiary/aromatic N) is 1. The van der Waals surface area contributed by atoms with Gasteiger partial charge in [0.2, 0.25) is 0 Å². The van der Waals surface area contributed by atoms with Crippen LogP contribution in [0, 0.1) is 0 Å². The van der Waals surface area contributed by atoms with Crippen LogP contribution >= 0.6 is 0 Å². The van der Waals surface area contributed by atoms with E-state index in [0.29, 0.717) is 6.54 Å². The molecule has 3 nitrogen and oxygen atoms in total. The lowest BCUT2D eigenvalue weighted by Gasteiger charge is -2.00. The van der Waals surface area contributed by atoms with Gasteiger partial charge in [-0.25, -0.2) is 0 Å². The van der Waals surface area contributed by atoms with Gasteiger partial charge in [-0.2, -0.15) is 0 Å². The van der Waals surface area contributed by atoms with Crippen LogP contribution in [-0.4, -0.2) is 23.2 Å². The summed E-state index contributed by atoms with van der Waals surface area (Å²) in [7, 11) is 0. The summed E-state index contributed by atoms with van der Waals surface area (Å²) in [6.07, 6.45) is 3.56. The molecule has 1 rings (SSSR count). The molecule has 0 radical (unpaired) electrons. The third-order valence-corrected chi connectivity index (χ3v) is 1.34. The summed E-state index contributed by atoms with van der Waals surface area (Å²) in [5.74, 6) is 0. The number of nitrogens with one attached hydrogen (secondary N) is 1. The minimum absolute atomic E-state index is 0.181. The van der Waals surface area contributed by atoms with Crippen molar-refractivity contribution in [2.24, 2.45) is 0 Å². The van der Waals surface area contributed by atoms with E-state index in [0.717, 1.165) is 12.1 Å². The van der Waals surface area contributed by atoms with E-state index in [-0.39, 0.29) is 6.61 Å². The molecule has 0 aliphatic rings. The van der Waals surface area contributed by atoms with Gasteiger partial charge in [-0.3, -0.25) is 4.98 Å². The lowest BCUT2D eigenvalue weighted by atomic mass is 10.3. The van der Waals surface area contributed by atoms with E-state index < -0.39 is 0 Å². The quantitative estimate of drug-likeness (QED) is 0.604. The molecule has 1 aromatic rings. The van der Waals surface area contributed by atoms with Gasteiger partial charge in [0.15, 0.2) is 0 Å². The second-order valence-corrected chi connectivity index (χ2v) is 2.26. The van der Waals surface area contributed by atoms with Gasteiger partial charge in [-0.1, -0.05) is 6.07 Å². The van der Waals surface area contributed by atoms with Crippen LogP contribution in [0.4, 0.5) is 0 Å². The first-order valence-corrected chi connectivity index (χ1v) is 3.64. The van der Waals surface area contributed by atoms with Gasteiger partial charge in [0.05, 0.1) is 6.61 Å². The molecule has 0 fully saturated rings. The predicted molar refractivity (Wildman–Crippen MR) is 43.0 cm³/mol. The van der Waals surface area contributed by atoms with Crippen LogP contribution in [0.15, 0.2) is 24.5 Å². The molecule has 0 saturated carbocycles. The predicted octanol–water partition coefficient (Wildman–Crippen LogP) is 0.163. The fourth-order valence-corrected chi connectivity index (χ4v) is 0.814. The number of aliphatic hydroxyl groups excluding tert-OH is 1. The Bertz CT molecular complexity index is 189. The van der Waals surface area contributed by atoms with Crippen LogP contribution in [0.3, 0.4) is 0 Å². The average molecular weight is 152 g/mol. The lowest BCUT2D eigenvalue weighted by molar-refractivity contribution is 0.292. The largest absolute Gasteiger partial charge is 0.395 e. The van der Waals surface area contributed by atoms with Crippen molar-refractivity contribution in [1.29, 1.82) is 0 Å². The van der Waals surface area contributed by atoms with Gasteiger partial charge in [0.25, 0.3) is 0 Å². The Morgan fingerprint density at radius 1 is 1.55 bits per heavy atom. The average Bonchev–Trinajstić information content (AvgIpc) is 2.07. The zero-order chi connectivity index (χ0) is 7.94. The Morgan fingerprint density at radius 2 is 2.45 bits per heavy atom. The molecule has 0 aliphatic carbocycles. The van der Waals surface area contributed by atoms with Gasteiger partial charge < -0.3 is 10.4 Å². The summed E-state index contributed by atoms with van der Waals surface area (Å²) >= 11 is 0. The van der Waals surface area contributed by atoms with E-state index in [4.69, 9.17) is 5.11 Å². The first-order chi connectivity index (χ1) is 5.43. The Kier molecular flexibility index (Phi) is 3.58. The van der Waals surface area contributed by atoms with Crippen LogP contribution in [0.1, 0.15) is 5.56 Å². The first-order valence-electron chi connectivity index (χ1n) is 3.64. The van der Waals surface area contributed by atoms with Crippen molar-refractivity contribution in [3.8, 4) is 0 Å². The van der Waals surface area contributed by atoms with Crippen molar-refractivity contribution in [2.45, 2.75) is 6.54 Å². The van der Waals surface area contributed by atoms with Gasteiger partial charge in [-0.15, -0.1) is 0 Å². The maximum atomic E-state index is 8.47. The zero-order valence-electron chi connectivity index (χ0n) is 6.33. The first kappa shape index (κ1) is 8.17. The zero-order valence-corrected chi connectivity index (χ0v) is 6.33. The van der Waals surface area contributed by atoms with E-state index >= 15 is 0 Å². The molecule has 0 unspecified atom stereocenters. The standard InChI is InChI=1S/C8H12N2O/c11-5-4-10-7-8-2-1-3-9-6-8/h1-3,6,10-11H,4-5,7H2. The summed E-state index contributed by atoms with van der Waals surface area (Å²) in [6, 6.07) is 3.90. The highest BCUT2D eigenvalue weighted by atomic mass is 16.3. The van der Waals surface area contributed by atoms with Crippen LogP contribution in [-0.2, 0) is 6.54 Å². The number of aliphatic hydroxyl groups is 1. The number of rotatable bonds is 4. The molecule has 0 saturated heterocycles. The second kappa shape index (κ2) is 4.82. The molecular weight excluding hydrogens is 140 g/mol. The summed E-state index contributed by atoms with van der Waals surface area (Å²) in [5.41, 5.74) is 1.14. The van der Waals surface area contributed by atoms with Crippen LogP contribution < -0.4 is 5.32 Å². The third-order valence-electron chi connectivity index (χ3n) is 1.34.